The molecule has 0 unspecified atom stereocenters. The number of hydrogen-bond acceptors (Lipinski definition) is 4. The molecule has 0 amide bonds. The van der Waals surface area contributed by atoms with Gasteiger partial charge in [0.15, 0.2) is 5.82 Å². The van der Waals surface area contributed by atoms with Crippen LogP contribution in [0.5, 0.6) is 0 Å². The third-order valence-electron chi connectivity index (χ3n) is 3.11. The maximum Gasteiger partial charge on any atom is 0.417 e. The number of benzene rings is 1. The van der Waals surface area contributed by atoms with Crippen molar-refractivity contribution in [1.29, 1.82) is 0 Å². The number of aromatic nitrogens is 2. The summed E-state index contributed by atoms with van der Waals surface area (Å²) < 4.78 is 43.6. The van der Waals surface area contributed by atoms with Crippen molar-refractivity contribution in [3.05, 3.63) is 34.1 Å². The standard InChI is InChI=1S/C13H11BrF3N3O/c14-10-4-1-7(5-9(10)13(15,16)17)12-19-11(20-21-12)6-18-8-2-3-8/h1,4-5,8,18H,2-3,6H2. The van der Waals surface area contributed by atoms with E-state index in [2.05, 4.69) is 31.4 Å². The van der Waals surface area contributed by atoms with Crippen LogP contribution in [-0.2, 0) is 12.7 Å². The Hall–Kier alpha value is -1.41. The van der Waals surface area contributed by atoms with Crippen molar-refractivity contribution in [1.82, 2.24) is 15.5 Å². The quantitative estimate of drug-likeness (QED) is 0.900. The zero-order valence-corrected chi connectivity index (χ0v) is 12.3. The van der Waals surface area contributed by atoms with Gasteiger partial charge >= 0.3 is 6.18 Å². The summed E-state index contributed by atoms with van der Waals surface area (Å²) in [6, 6.07) is 4.32. The lowest BCUT2D eigenvalue weighted by molar-refractivity contribution is -0.138. The summed E-state index contributed by atoms with van der Waals surface area (Å²) in [5, 5.41) is 6.97. The second-order valence-corrected chi connectivity index (χ2v) is 5.72. The summed E-state index contributed by atoms with van der Waals surface area (Å²) in [7, 11) is 0. The van der Waals surface area contributed by atoms with E-state index in [0.29, 0.717) is 18.4 Å². The van der Waals surface area contributed by atoms with Crippen molar-refractivity contribution in [2.75, 3.05) is 0 Å². The largest absolute Gasteiger partial charge is 0.417 e. The van der Waals surface area contributed by atoms with Gasteiger partial charge in [0, 0.05) is 16.1 Å². The minimum atomic E-state index is -4.44. The fraction of sp³-hybridized carbons (Fsp3) is 0.385. The molecule has 4 nitrogen and oxygen atoms in total. The van der Waals surface area contributed by atoms with E-state index >= 15 is 0 Å². The number of halogens is 4. The van der Waals surface area contributed by atoms with Crippen LogP contribution in [0.3, 0.4) is 0 Å². The highest BCUT2D eigenvalue weighted by Crippen LogP contribution is 2.37. The maximum atomic E-state index is 12.9. The van der Waals surface area contributed by atoms with Crippen LogP contribution in [-0.4, -0.2) is 16.2 Å². The van der Waals surface area contributed by atoms with Crippen LogP contribution in [0.15, 0.2) is 27.2 Å². The lowest BCUT2D eigenvalue weighted by Gasteiger charge is -2.09. The molecule has 0 bridgehead atoms. The Morgan fingerprint density at radius 1 is 1.33 bits per heavy atom. The molecule has 0 saturated heterocycles. The Kier molecular flexibility index (Phi) is 3.75. The lowest BCUT2D eigenvalue weighted by atomic mass is 10.1. The van der Waals surface area contributed by atoms with E-state index < -0.39 is 11.7 Å². The molecule has 112 valence electrons. The molecule has 1 N–H and O–H groups in total. The zero-order valence-electron chi connectivity index (χ0n) is 10.7. The van der Waals surface area contributed by atoms with Crippen molar-refractivity contribution in [2.45, 2.75) is 31.6 Å². The van der Waals surface area contributed by atoms with E-state index in [4.69, 9.17) is 4.52 Å². The average Bonchev–Trinajstić information content (AvgIpc) is 3.13. The third kappa shape index (κ3) is 3.44. The molecule has 1 aliphatic rings. The van der Waals surface area contributed by atoms with Gasteiger partial charge < -0.3 is 9.84 Å². The summed E-state index contributed by atoms with van der Waals surface area (Å²) in [6.45, 7) is 0.455. The van der Waals surface area contributed by atoms with E-state index in [1.165, 1.54) is 12.1 Å². The van der Waals surface area contributed by atoms with Gasteiger partial charge in [0.2, 0.25) is 0 Å². The Bertz CT molecular complexity index is 652. The van der Waals surface area contributed by atoms with Crippen LogP contribution in [0.4, 0.5) is 13.2 Å². The molecular weight excluding hydrogens is 351 g/mol. The average molecular weight is 362 g/mol. The summed E-state index contributed by atoms with van der Waals surface area (Å²) in [5.74, 6) is 0.522. The predicted molar refractivity (Wildman–Crippen MR) is 72.3 cm³/mol. The lowest BCUT2D eigenvalue weighted by Crippen LogP contribution is -2.16. The molecule has 0 spiro atoms. The number of nitrogens with one attached hydrogen (secondary N) is 1. The molecule has 21 heavy (non-hydrogen) atoms. The fourth-order valence-corrected chi connectivity index (χ4v) is 2.31. The zero-order chi connectivity index (χ0) is 15.0. The van der Waals surface area contributed by atoms with Gasteiger partial charge in [0.25, 0.3) is 5.89 Å². The third-order valence-corrected chi connectivity index (χ3v) is 3.80. The van der Waals surface area contributed by atoms with Crippen LogP contribution in [0.1, 0.15) is 24.2 Å². The van der Waals surface area contributed by atoms with Gasteiger partial charge in [-0.05, 0) is 31.0 Å². The van der Waals surface area contributed by atoms with Crippen molar-refractivity contribution in [3.63, 3.8) is 0 Å². The van der Waals surface area contributed by atoms with Crippen LogP contribution in [0.2, 0.25) is 0 Å². The molecule has 0 aliphatic heterocycles. The van der Waals surface area contributed by atoms with Crippen molar-refractivity contribution in [2.24, 2.45) is 0 Å². The summed E-state index contributed by atoms with van der Waals surface area (Å²) in [4.78, 5) is 4.11. The first-order chi connectivity index (χ1) is 9.93. The van der Waals surface area contributed by atoms with Crippen molar-refractivity contribution >= 4 is 15.9 Å². The highest BCUT2D eigenvalue weighted by atomic mass is 79.9. The molecule has 1 aliphatic carbocycles. The Morgan fingerprint density at radius 3 is 2.76 bits per heavy atom. The van der Waals surface area contributed by atoms with Crippen LogP contribution < -0.4 is 5.32 Å². The van der Waals surface area contributed by atoms with Crippen molar-refractivity contribution < 1.29 is 17.7 Å². The Balaban J connectivity index is 1.82. The summed E-state index contributed by atoms with van der Waals surface area (Å²) >= 11 is 2.90. The van der Waals surface area contributed by atoms with Gasteiger partial charge in [0.05, 0.1) is 12.1 Å². The predicted octanol–water partition coefficient (Wildman–Crippen LogP) is 3.77. The molecule has 2 aromatic rings. The van der Waals surface area contributed by atoms with Crippen LogP contribution >= 0.6 is 15.9 Å². The van der Waals surface area contributed by atoms with Gasteiger partial charge in [0.1, 0.15) is 0 Å². The van der Waals surface area contributed by atoms with Gasteiger partial charge in [-0.3, -0.25) is 0 Å². The minimum Gasteiger partial charge on any atom is -0.334 e. The number of alkyl halides is 3. The van der Waals surface area contributed by atoms with Gasteiger partial charge in [-0.2, -0.15) is 18.2 Å². The smallest absolute Gasteiger partial charge is 0.334 e. The minimum absolute atomic E-state index is 0.0195. The Labute approximate surface area is 126 Å². The van der Waals surface area contributed by atoms with Crippen LogP contribution in [0.25, 0.3) is 11.5 Å². The molecular formula is C13H11BrF3N3O. The topological polar surface area (TPSA) is 51.0 Å². The fourth-order valence-electron chi connectivity index (χ4n) is 1.84. The highest BCUT2D eigenvalue weighted by molar-refractivity contribution is 9.10. The molecule has 8 heteroatoms. The highest BCUT2D eigenvalue weighted by Gasteiger charge is 2.33. The first-order valence-corrected chi connectivity index (χ1v) is 7.16. The first-order valence-electron chi connectivity index (χ1n) is 6.36. The molecule has 1 aromatic heterocycles. The first kappa shape index (κ1) is 14.5. The number of rotatable bonds is 4. The maximum absolute atomic E-state index is 12.9. The van der Waals surface area contributed by atoms with Crippen LogP contribution in [0, 0.1) is 0 Å². The molecule has 1 aromatic carbocycles. The normalized spacial score (nSPS) is 15.4. The SMILES string of the molecule is FC(F)(F)c1cc(-c2nc(CNC3CC3)no2)ccc1Br. The molecule has 0 atom stereocenters. The Morgan fingerprint density at radius 2 is 2.10 bits per heavy atom. The second-order valence-electron chi connectivity index (χ2n) is 4.86. The van der Waals surface area contributed by atoms with E-state index in [1.807, 2.05) is 0 Å². The number of nitrogens with zero attached hydrogens (tertiary/aromatic N) is 2. The monoisotopic (exact) mass is 361 g/mol. The summed E-state index contributed by atoms with van der Waals surface area (Å²) in [5.41, 5.74) is -0.522. The second kappa shape index (κ2) is 5.42. The van der Waals surface area contributed by atoms with E-state index in [-0.39, 0.29) is 15.9 Å². The van der Waals surface area contributed by atoms with Gasteiger partial charge in [-0.1, -0.05) is 21.1 Å². The van der Waals surface area contributed by atoms with Gasteiger partial charge in [-0.15, -0.1) is 0 Å². The van der Waals surface area contributed by atoms with E-state index in [9.17, 15) is 13.2 Å². The number of hydrogen-bond donors (Lipinski definition) is 1. The van der Waals surface area contributed by atoms with E-state index in [1.54, 1.807) is 0 Å². The molecule has 0 radical (unpaired) electrons. The molecule has 1 heterocycles. The molecule has 1 saturated carbocycles. The van der Waals surface area contributed by atoms with Crippen molar-refractivity contribution in [3.8, 4) is 11.5 Å². The van der Waals surface area contributed by atoms with Gasteiger partial charge in [-0.25, -0.2) is 0 Å². The van der Waals surface area contributed by atoms with E-state index in [0.717, 1.165) is 18.9 Å². The molecule has 3 rings (SSSR count). The summed E-state index contributed by atoms with van der Waals surface area (Å²) in [6.07, 6.45) is -2.18. The molecule has 1 fully saturated rings.